The summed E-state index contributed by atoms with van der Waals surface area (Å²) in [6.45, 7) is 1.95. The van der Waals surface area contributed by atoms with Gasteiger partial charge in [0.25, 0.3) is 0 Å². The first kappa shape index (κ1) is 19.2. The second-order valence-electron chi connectivity index (χ2n) is 5.89. The Morgan fingerprint density at radius 1 is 1.14 bits per heavy atom. The molecule has 0 bridgehead atoms. The highest BCUT2D eigenvalue weighted by atomic mass is 16.6. The van der Waals surface area contributed by atoms with Gasteiger partial charge in [0.05, 0.1) is 25.9 Å². The van der Waals surface area contributed by atoms with E-state index < -0.39 is 5.97 Å². The van der Waals surface area contributed by atoms with Crippen LogP contribution >= 0.6 is 0 Å². The quantitative estimate of drug-likeness (QED) is 0.203. The molecule has 0 aliphatic rings. The van der Waals surface area contributed by atoms with Crippen LogP contribution in [-0.4, -0.2) is 31.1 Å². The van der Waals surface area contributed by atoms with Gasteiger partial charge in [0, 0.05) is 5.56 Å². The standard InChI is InChI=1S/C21H20N2O5/c1-14(20-17-10-6-7-11-19(17)28-23-20)22-27-12-15-8-4-5-9-16(15)18(13-25-2)21(24)26-3/h4-11,13H,12H2,1-3H3/b18-13+,22-14-. The van der Waals surface area contributed by atoms with Crippen LogP contribution in [0.1, 0.15) is 23.7 Å². The third-order valence-electron chi connectivity index (χ3n) is 4.09. The number of hydrogen-bond acceptors (Lipinski definition) is 7. The molecule has 144 valence electrons. The molecule has 0 N–H and O–H groups in total. The van der Waals surface area contributed by atoms with Gasteiger partial charge in [-0.15, -0.1) is 0 Å². The van der Waals surface area contributed by atoms with Crippen molar-refractivity contribution in [2.45, 2.75) is 13.5 Å². The maximum atomic E-state index is 12.1. The van der Waals surface area contributed by atoms with Gasteiger partial charge >= 0.3 is 5.97 Å². The van der Waals surface area contributed by atoms with Crippen LogP contribution in [0, 0.1) is 0 Å². The second-order valence-corrected chi connectivity index (χ2v) is 5.89. The van der Waals surface area contributed by atoms with Crippen molar-refractivity contribution in [2.75, 3.05) is 14.2 Å². The summed E-state index contributed by atoms with van der Waals surface area (Å²) in [6.07, 6.45) is 1.35. The summed E-state index contributed by atoms with van der Waals surface area (Å²) in [5.41, 5.74) is 3.60. The number of ether oxygens (including phenoxy) is 2. The molecule has 0 saturated carbocycles. The van der Waals surface area contributed by atoms with E-state index in [0.717, 1.165) is 10.9 Å². The molecule has 1 heterocycles. The minimum absolute atomic E-state index is 0.154. The van der Waals surface area contributed by atoms with E-state index in [2.05, 4.69) is 10.3 Å². The summed E-state index contributed by atoms with van der Waals surface area (Å²) in [6, 6.07) is 14.8. The Kier molecular flexibility index (Phi) is 6.06. The lowest BCUT2D eigenvalue weighted by Gasteiger charge is -2.11. The highest BCUT2D eigenvalue weighted by Gasteiger charge is 2.17. The third-order valence-corrected chi connectivity index (χ3v) is 4.09. The molecule has 0 fully saturated rings. The SMILES string of the molecule is CO/C=C(/C(=O)OC)c1ccccc1CO/N=C(/C)c1noc2ccccc12. The first-order valence-corrected chi connectivity index (χ1v) is 8.56. The number of oxime groups is 1. The van der Waals surface area contributed by atoms with Gasteiger partial charge in [-0.1, -0.05) is 46.7 Å². The summed E-state index contributed by atoms with van der Waals surface area (Å²) < 4.78 is 15.1. The van der Waals surface area contributed by atoms with Crippen molar-refractivity contribution in [2.24, 2.45) is 5.16 Å². The molecular weight excluding hydrogens is 360 g/mol. The Morgan fingerprint density at radius 2 is 1.89 bits per heavy atom. The zero-order chi connectivity index (χ0) is 19.9. The van der Waals surface area contributed by atoms with Gasteiger partial charge in [-0.05, 0) is 24.6 Å². The Morgan fingerprint density at radius 3 is 2.68 bits per heavy atom. The van der Waals surface area contributed by atoms with Gasteiger partial charge in [-0.25, -0.2) is 4.79 Å². The second kappa shape index (κ2) is 8.85. The molecule has 0 amide bonds. The Labute approximate surface area is 162 Å². The monoisotopic (exact) mass is 380 g/mol. The number of esters is 1. The van der Waals surface area contributed by atoms with Crippen LogP contribution in [0.5, 0.6) is 0 Å². The van der Waals surface area contributed by atoms with E-state index in [4.69, 9.17) is 18.8 Å². The number of benzene rings is 2. The van der Waals surface area contributed by atoms with Crippen LogP contribution < -0.4 is 0 Å². The van der Waals surface area contributed by atoms with Crippen molar-refractivity contribution in [1.29, 1.82) is 0 Å². The highest BCUT2D eigenvalue weighted by Crippen LogP contribution is 2.22. The van der Waals surface area contributed by atoms with Gasteiger partial charge in [0.15, 0.2) is 5.58 Å². The zero-order valence-corrected chi connectivity index (χ0v) is 15.8. The van der Waals surface area contributed by atoms with E-state index in [1.54, 1.807) is 13.0 Å². The summed E-state index contributed by atoms with van der Waals surface area (Å²) in [7, 11) is 2.79. The minimum Gasteiger partial charge on any atom is -0.503 e. The molecule has 3 rings (SSSR count). The van der Waals surface area contributed by atoms with Crippen molar-refractivity contribution in [3.63, 3.8) is 0 Å². The number of para-hydroxylation sites is 1. The largest absolute Gasteiger partial charge is 0.503 e. The third kappa shape index (κ3) is 4.03. The van der Waals surface area contributed by atoms with Crippen LogP contribution in [-0.2, 0) is 25.7 Å². The lowest BCUT2D eigenvalue weighted by Crippen LogP contribution is -2.07. The van der Waals surface area contributed by atoms with Gasteiger partial charge in [-0.3, -0.25) is 0 Å². The predicted octanol–water partition coefficient (Wildman–Crippen LogP) is 3.93. The van der Waals surface area contributed by atoms with Gasteiger partial charge in [-0.2, -0.15) is 0 Å². The van der Waals surface area contributed by atoms with Crippen LogP contribution in [0.3, 0.4) is 0 Å². The molecule has 28 heavy (non-hydrogen) atoms. The van der Waals surface area contributed by atoms with Crippen molar-refractivity contribution >= 4 is 28.2 Å². The molecule has 0 aliphatic carbocycles. The molecule has 0 unspecified atom stereocenters. The van der Waals surface area contributed by atoms with Crippen molar-refractivity contribution in [3.8, 4) is 0 Å². The van der Waals surface area contributed by atoms with E-state index in [9.17, 15) is 4.79 Å². The zero-order valence-electron chi connectivity index (χ0n) is 15.8. The first-order chi connectivity index (χ1) is 13.7. The van der Waals surface area contributed by atoms with E-state index in [0.29, 0.717) is 28.1 Å². The summed E-state index contributed by atoms with van der Waals surface area (Å²) in [4.78, 5) is 17.6. The van der Waals surface area contributed by atoms with E-state index in [1.165, 1.54) is 20.5 Å². The van der Waals surface area contributed by atoms with Crippen LogP contribution in [0.15, 0.2) is 64.5 Å². The maximum absolute atomic E-state index is 12.1. The fraction of sp³-hybridized carbons (Fsp3) is 0.190. The number of rotatable bonds is 7. The Bertz CT molecular complexity index is 1040. The van der Waals surface area contributed by atoms with Crippen molar-refractivity contribution in [3.05, 3.63) is 71.6 Å². The molecule has 0 atom stereocenters. The highest BCUT2D eigenvalue weighted by molar-refractivity contribution is 6.16. The van der Waals surface area contributed by atoms with Gasteiger partial charge < -0.3 is 18.8 Å². The molecule has 0 spiro atoms. The summed E-state index contributed by atoms with van der Waals surface area (Å²) >= 11 is 0. The average Bonchev–Trinajstić information content (AvgIpc) is 3.16. The lowest BCUT2D eigenvalue weighted by atomic mass is 10.0. The fourth-order valence-corrected chi connectivity index (χ4v) is 2.75. The molecule has 2 aromatic carbocycles. The molecule has 0 saturated heterocycles. The van der Waals surface area contributed by atoms with Gasteiger partial charge in [0.2, 0.25) is 0 Å². The summed E-state index contributed by atoms with van der Waals surface area (Å²) in [5, 5.41) is 9.07. The fourth-order valence-electron chi connectivity index (χ4n) is 2.75. The Balaban J connectivity index is 1.81. The maximum Gasteiger partial charge on any atom is 0.341 e. The molecule has 1 aromatic heterocycles. The normalized spacial score (nSPS) is 12.1. The van der Waals surface area contributed by atoms with Gasteiger partial charge in [0.1, 0.15) is 23.6 Å². The van der Waals surface area contributed by atoms with E-state index in [1.807, 2.05) is 42.5 Å². The molecule has 0 radical (unpaired) electrons. The Hall–Kier alpha value is -3.61. The smallest absolute Gasteiger partial charge is 0.341 e. The number of aromatic nitrogens is 1. The van der Waals surface area contributed by atoms with Crippen LogP contribution in [0.25, 0.3) is 16.5 Å². The van der Waals surface area contributed by atoms with Crippen molar-refractivity contribution < 1.29 is 23.6 Å². The molecule has 7 heteroatoms. The predicted molar refractivity (Wildman–Crippen MR) is 104 cm³/mol. The van der Waals surface area contributed by atoms with Crippen LogP contribution in [0.2, 0.25) is 0 Å². The number of carbonyl (C=O) groups is 1. The minimum atomic E-state index is -0.497. The lowest BCUT2D eigenvalue weighted by molar-refractivity contribution is -0.133. The number of carbonyl (C=O) groups excluding carboxylic acids is 1. The van der Waals surface area contributed by atoms with E-state index in [-0.39, 0.29) is 6.61 Å². The molecular formula is C21H20N2O5. The first-order valence-electron chi connectivity index (χ1n) is 8.56. The van der Waals surface area contributed by atoms with Crippen molar-refractivity contribution in [1.82, 2.24) is 5.16 Å². The average molecular weight is 380 g/mol. The molecule has 0 aliphatic heterocycles. The molecule has 7 nitrogen and oxygen atoms in total. The van der Waals surface area contributed by atoms with E-state index >= 15 is 0 Å². The number of nitrogens with zero attached hydrogens (tertiary/aromatic N) is 2. The number of methoxy groups -OCH3 is 2. The summed E-state index contributed by atoms with van der Waals surface area (Å²) in [5.74, 6) is -0.497. The van der Waals surface area contributed by atoms with Crippen LogP contribution in [0.4, 0.5) is 0 Å². The number of fused-ring (bicyclic) bond motifs is 1. The molecule has 3 aromatic rings. The number of hydrogen-bond donors (Lipinski definition) is 0. The topological polar surface area (TPSA) is 83.2 Å².